The Balaban J connectivity index is 3.03. The van der Waals surface area contributed by atoms with E-state index in [1.165, 1.54) is 25.6 Å². The summed E-state index contributed by atoms with van der Waals surface area (Å²) in [7, 11) is 0. The minimum Gasteiger partial charge on any atom is -0.481 e. The minimum atomic E-state index is -1.76. The molecule has 8 unspecified atom stereocenters. The zero-order valence-corrected chi connectivity index (χ0v) is 32.7. The van der Waals surface area contributed by atoms with Gasteiger partial charge in [0.1, 0.15) is 42.3 Å². The molecule has 1 heterocycles. The van der Waals surface area contributed by atoms with Crippen LogP contribution in [0.15, 0.2) is 0 Å². The predicted octanol–water partition coefficient (Wildman–Crippen LogP) is -3.92. The molecule has 0 radical (unpaired) electrons. The van der Waals surface area contributed by atoms with E-state index in [-0.39, 0.29) is 31.7 Å². The molecule has 0 spiro atoms. The summed E-state index contributed by atoms with van der Waals surface area (Å²) in [6.07, 6.45) is 0.396. The molecule has 316 valence electrons. The van der Waals surface area contributed by atoms with Gasteiger partial charge in [-0.25, -0.2) is 4.79 Å². The zero-order chi connectivity index (χ0) is 42.9. The molecular formula is C33H54N8O14S. The highest BCUT2D eigenvalue weighted by Crippen LogP contribution is 2.19. The molecule has 1 saturated heterocycles. The minimum absolute atomic E-state index is 0.00372. The lowest BCUT2D eigenvalue weighted by atomic mass is 10.0. The van der Waals surface area contributed by atoms with Gasteiger partial charge < -0.3 is 63.0 Å². The number of hydrogen-bond acceptors (Lipinski definition) is 13. The van der Waals surface area contributed by atoms with Crippen LogP contribution in [-0.2, 0) is 47.9 Å². The van der Waals surface area contributed by atoms with Crippen LogP contribution in [0, 0.1) is 5.92 Å². The second kappa shape index (κ2) is 23.8. The van der Waals surface area contributed by atoms with Crippen LogP contribution in [0.3, 0.4) is 0 Å². The third-order valence-corrected chi connectivity index (χ3v) is 9.32. The standard InChI is InChI=1S/C33H54N8O14S/c1-15(2)25(34)31(52)40-21(14-42)29(50)35-16(3)26(47)39-20(13-24(45)46)28(49)37-18(10-12-56-5)27(48)36-17(4)32(53)41-11-6-7-22(41)30(51)38-19(33(54)55)8-9-23(43)44/h15-22,25,42H,6-14,34H2,1-5H3,(H,35,50)(H,36,48)(H,37,49)(H,38,51)(H,39,47)(H,40,52)(H,43,44)(H,45,46)(H,54,55). The molecule has 22 nitrogen and oxygen atoms in total. The lowest BCUT2D eigenvalue weighted by Crippen LogP contribution is -2.60. The number of hydrogen-bond donors (Lipinski definition) is 11. The molecule has 1 fully saturated rings. The van der Waals surface area contributed by atoms with Crippen LogP contribution in [-0.4, -0.2) is 158 Å². The number of carboxylic acid groups (broad SMARTS) is 3. The smallest absolute Gasteiger partial charge is 0.326 e. The van der Waals surface area contributed by atoms with Gasteiger partial charge in [-0.15, -0.1) is 0 Å². The average molecular weight is 819 g/mol. The van der Waals surface area contributed by atoms with Crippen molar-refractivity contribution in [1.29, 1.82) is 0 Å². The molecule has 12 N–H and O–H groups in total. The summed E-state index contributed by atoms with van der Waals surface area (Å²) in [6, 6.07) is -10.9. The van der Waals surface area contributed by atoms with Crippen LogP contribution in [0.2, 0.25) is 0 Å². The number of carbonyl (C=O) groups excluding carboxylic acids is 7. The topological polar surface area (TPSA) is 353 Å². The van der Waals surface area contributed by atoms with E-state index in [2.05, 4.69) is 31.9 Å². The SMILES string of the molecule is CSCCC(NC(=O)C(CC(=O)O)NC(=O)C(C)NC(=O)C(CO)NC(=O)C(N)C(C)C)C(=O)NC(C)C(=O)N1CCCC1C(=O)NC(CCC(=O)O)C(=O)O. The van der Waals surface area contributed by atoms with Gasteiger partial charge in [0, 0.05) is 13.0 Å². The molecule has 1 aliphatic heterocycles. The highest BCUT2D eigenvalue weighted by Gasteiger charge is 2.39. The summed E-state index contributed by atoms with van der Waals surface area (Å²) in [5.74, 6) is -10.4. The molecule has 0 saturated carbocycles. The molecule has 0 aromatic heterocycles. The molecule has 0 aromatic rings. The van der Waals surface area contributed by atoms with Crippen LogP contribution in [0.4, 0.5) is 0 Å². The number of aliphatic hydroxyl groups is 1. The number of rotatable bonds is 24. The normalized spacial score (nSPS) is 17.5. The zero-order valence-electron chi connectivity index (χ0n) is 31.9. The van der Waals surface area contributed by atoms with Crippen LogP contribution in [0.5, 0.6) is 0 Å². The maximum atomic E-state index is 13.4. The van der Waals surface area contributed by atoms with E-state index in [0.717, 1.165) is 4.90 Å². The number of nitrogens with two attached hydrogens (primary N) is 1. The lowest BCUT2D eigenvalue weighted by Gasteiger charge is -2.29. The van der Waals surface area contributed by atoms with Crippen molar-refractivity contribution in [2.24, 2.45) is 11.7 Å². The van der Waals surface area contributed by atoms with Gasteiger partial charge >= 0.3 is 17.9 Å². The number of amides is 7. The van der Waals surface area contributed by atoms with Gasteiger partial charge in [0.15, 0.2) is 0 Å². The largest absolute Gasteiger partial charge is 0.481 e. The Morgan fingerprint density at radius 3 is 1.79 bits per heavy atom. The fourth-order valence-corrected chi connectivity index (χ4v) is 5.79. The molecule has 8 atom stereocenters. The molecule has 1 aliphatic rings. The lowest BCUT2D eigenvalue weighted by molar-refractivity contribution is -0.145. The van der Waals surface area contributed by atoms with E-state index in [0.29, 0.717) is 12.2 Å². The van der Waals surface area contributed by atoms with Gasteiger partial charge in [0.05, 0.1) is 19.1 Å². The van der Waals surface area contributed by atoms with E-state index in [1.54, 1.807) is 20.1 Å². The molecule has 0 aromatic carbocycles. The highest BCUT2D eigenvalue weighted by molar-refractivity contribution is 7.98. The van der Waals surface area contributed by atoms with Crippen LogP contribution >= 0.6 is 11.8 Å². The second-order valence-corrected chi connectivity index (χ2v) is 14.5. The Morgan fingerprint density at radius 1 is 0.696 bits per heavy atom. The first-order valence-corrected chi connectivity index (χ1v) is 19.2. The highest BCUT2D eigenvalue weighted by atomic mass is 32.2. The Labute approximate surface area is 327 Å². The van der Waals surface area contributed by atoms with Crippen molar-refractivity contribution in [3.8, 4) is 0 Å². The number of carbonyl (C=O) groups is 10. The van der Waals surface area contributed by atoms with Crippen molar-refractivity contribution >= 4 is 71.0 Å². The van der Waals surface area contributed by atoms with Crippen LogP contribution < -0.4 is 37.6 Å². The van der Waals surface area contributed by atoms with E-state index < -0.39 is 127 Å². The summed E-state index contributed by atoms with van der Waals surface area (Å²) in [6.45, 7) is 5.10. The molecule has 0 aliphatic carbocycles. The fourth-order valence-electron chi connectivity index (χ4n) is 5.32. The molecule has 0 bridgehead atoms. The first-order valence-electron chi connectivity index (χ1n) is 17.8. The van der Waals surface area contributed by atoms with Crippen molar-refractivity contribution in [1.82, 2.24) is 36.8 Å². The van der Waals surface area contributed by atoms with Gasteiger partial charge in [0.25, 0.3) is 0 Å². The predicted molar refractivity (Wildman–Crippen MR) is 197 cm³/mol. The number of aliphatic hydroxyl groups excluding tert-OH is 1. The maximum Gasteiger partial charge on any atom is 0.326 e. The number of aliphatic carboxylic acids is 3. The van der Waals surface area contributed by atoms with Crippen molar-refractivity contribution < 1.29 is 68.4 Å². The summed E-state index contributed by atoms with van der Waals surface area (Å²) in [5, 5.41) is 51.3. The Hall–Kier alpha value is -5.03. The van der Waals surface area contributed by atoms with Crippen molar-refractivity contribution in [2.75, 3.05) is 25.2 Å². The Kier molecular flexibility index (Phi) is 20.8. The van der Waals surface area contributed by atoms with Crippen molar-refractivity contribution in [3.05, 3.63) is 0 Å². The fraction of sp³-hybridized carbons (Fsp3) is 0.697. The molecule has 23 heteroatoms. The van der Waals surface area contributed by atoms with E-state index in [4.69, 9.17) is 10.8 Å². The third kappa shape index (κ3) is 16.0. The van der Waals surface area contributed by atoms with Gasteiger partial charge in [0.2, 0.25) is 41.4 Å². The summed E-state index contributed by atoms with van der Waals surface area (Å²) >= 11 is 1.30. The summed E-state index contributed by atoms with van der Waals surface area (Å²) in [5.41, 5.74) is 5.77. The van der Waals surface area contributed by atoms with Gasteiger partial charge in [-0.3, -0.25) is 43.2 Å². The van der Waals surface area contributed by atoms with E-state index in [9.17, 15) is 63.3 Å². The number of carboxylic acids is 3. The number of likely N-dealkylation sites (tertiary alicyclic amines) is 1. The van der Waals surface area contributed by atoms with E-state index in [1.807, 2.05) is 0 Å². The van der Waals surface area contributed by atoms with Gasteiger partial charge in [-0.2, -0.15) is 11.8 Å². The molecule has 1 rings (SSSR count). The Bertz CT molecular complexity index is 1470. The average Bonchev–Trinajstić information content (AvgIpc) is 3.62. The van der Waals surface area contributed by atoms with Crippen LogP contribution in [0.25, 0.3) is 0 Å². The number of nitrogens with one attached hydrogen (secondary N) is 6. The molecule has 7 amide bonds. The Morgan fingerprint density at radius 2 is 1.25 bits per heavy atom. The van der Waals surface area contributed by atoms with Gasteiger partial charge in [-0.05, 0) is 57.5 Å². The van der Waals surface area contributed by atoms with Crippen molar-refractivity contribution in [3.63, 3.8) is 0 Å². The van der Waals surface area contributed by atoms with Crippen molar-refractivity contribution in [2.45, 2.75) is 115 Å². The number of thioether (sulfide) groups is 1. The molecular weight excluding hydrogens is 764 g/mol. The monoisotopic (exact) mass is 818 g/mol. The third-order valence-electron chi connectivity index (χ3n) is 8.67. The quantitative estimate of drug-likeness (QED) is 0.0443. The van der Waals surface area contributed by atoms with Gasteiger partial charge in [-0.1, -0.05) is 13.8 Å². The first kappa shape index (κ1) is 49.0. The summed E-state index contributed by atoms with van der Waals surface area (Å²) < 4.78 is 0. The number of nitrogens with zero attached hydrogens (tertiary/aromatic N) is 1. The maximum absolute atomic E-state index is 13.4. The second-order valence-electron chi connectivity index (χ2n) is 13.5. The van der Waals surface area contributed by atoms with Crippen LogP contribution in [0.1, 0.15) is 66.2 Å². The van der Waals surface area contributed by atoms with E-state index >= 15 is 0 Å². The first-order chi connectivity index (χ1) is 26.1. The molecule has 56 heavy (non-hydrogen) atoms. The summed E-state index contributed by atoms with van der Waals surface area (Å²) in [4.78, 5) is 126.